The number of rotatable bonds is 6. The highest BCUT2D eigenvalue weighted by molar-refractivity contribution is 8.13. The van der Waals surface area contributed by atoms with Crippen LogP contribution in [0.25, 0.3) is 0 Å². The van der Waals surface area contributed by atoms with Crippen LogP contribution in [0.15, 0.2) is 18.2 Å². The first-order chi connectivity index (χ1) is 18.0. The average molecular weight is 635 g/mol. The fourth-order valence-electron chi connectivity index (χ4n) is 3.09. The molecule has 0 saturated heterocycles. The van der Waals surface area contributed by atoms with Crippen LogP contribution in [-0.4, -0.2) is 52.8 Å². The zero-order valence-corrected chi connectivity index (χ0v) is 24.8. The van der Waals surface area contributed by atoms with E-state index in [1.165, 1.54) is 17.4 Å². The van der Waals surface area contributed by atoms with E-state index >= 15 is 0 Å². The molecule has 0 atom stereocenters. The highest BCUT2D eigenvalue weighted by Crippen LogP contribution is 2.39. The Morgan fingerprint density at radius 3 is 1.95 bits per heavy atom. The second kappa shape index (κ2) is 15.1. The van der Waals surface area contributed by atoms with E-state index in [4.69, 9.17) is 23.2 Å². The van der Waals surface area contributed by atoms with E-state index in [2.05, 4.69) is 10.3 Å². The number of alkyl halides is 5. The Morgan fingerprint density at radius 2 is 1.54 bits per heavy atom. The van der Waals surface area contributed by atoms with Crippen LogP contribution in [0, 0.1) is 5.92 Å². The third kappa shape index (κ3) is 9.80. The van der Waals surface area contributed by atoms with Crippen molar-refractivity contribution in [3.8, 4) is 0 Å². The van der Waals surface area contributed by atoms with E-state index in [0.29, 0.717) is 39.3 Å². The monoisotopic (exact) mass is 633 g/mol. The number of amides is 2. The van der Waals surface area contributed by atoms with Gasteiger partial charge < -0.3 is 10.2 Å². The van der Waals surface area contributed by atoms with Crippen LogP contribution in [0.5, 0.6) is 0 Å². The first-order valence-electron chi connectivity index (χ1n) is 11.0. The summed E-state index contributed by atoms with van der Waals surface area (Å²) in [6, 6.07) is 4.72. The molecule has 2 aromatic rings. The number of carbonyl (C=O) groups is 3. The molecule has 0 saturated carbocycles. The molecule has 15 heteroatoms. The Bertz CT molecular complexity index is 1210. The smallest absolute Gasteiger partial charge is 0.331 e. The van der Waals surface area contributed by atoms with Crippen LogP contribution < -0.4 is 5.32 Å². The van der Waals surface area contributed by atoms with Gasteiger partial charge in [0.1, 0.15) is 5.69 Å². The van der Waals surface area contributed by atoms with E-state index in [-0.39, 0.29) is 23.9 Å². The Kier molecular flexibility index (Phi) is 13.5. The fourth-order valence-corrected chi connectivity index (χ4v) is 4.25. The minimum absolute atomic E-state index is 0.130. The summed E-state index contributed by atoms with van der Waals surface area (Å²) in [5.74, 6) is -0.268. The summed E-state index contributed by atoms with van der Waals surface area (Å²) in [6.45, 7) is 3.30. The molecule has 1 N–H and O–H groups in total. The lowest BCUT2D eigenvalue weighted by molar-refractivity contribution is -0.141. The van der Waals surface area contributed by atoms with Crippen molar-refractivity contribution in [3.05, 3.63) is 56.3 Å². The molecule has 2 rings (SSSR count). The first-order valence-corrected chi connectivity index (χ1v) is 14.2. The molecule has 0 spiro atoms. The van der Waals surface area contributed by atoms with E-state index < -0.39 is 45.3 Å². The van der Waals surface area contributed by atoms with Gasteiger partial charge in [-0.15, -0.1) is 0 Å². The molecule has 0 aliphatic carbocycles. The number of nitrogens with zero attached hydrogens (tertiary/aromatic N) is 2. The SMILES string of the molecule is CN(C)C(=O)Nc1ccc(Cl)c(Cl)c1.CSC(=O)c1c(C(F)F)nc(C(F)(F)F)c(C(=O)SC)c1CC(C)C. The van der Waals surface area contributed by atoms with Crippen molar-refractivity contribution in [1.82, 2.24) is 9.88 Å². The van der Waals surface area contributed by atoms with Crippen LogP contribution >= 0.6 is 46.7 Å². The summed E-state index contributed by atoms with van der Waals surface area (Å²) in [4.78, 5) is 40.0. The second-order valence-corrected chi connectivity index (χ2v) is 10.8. The van der Waals surface area contributed by atoms with Gasteiger partial charge >= 0.3 is 12.2 Å². The molecule has 2 amide bonds. The summed E-state index contributed by atoms with van der Waals surface area (Å²) in [7, 11) is 3.32. The van der Waals surface area contributed by atoms with Gasteiger partial charge in [0.25, 0.3) is 6.43 Å². The third-order valence-electron chi connectivity index (χ3n) is 4.77. The maximum Gasteiger partial charge on any atom is 0.434 e. The van der Waals surface area contributed by atoms with E-state index in [1.807, 2.05) is 0 Å². The molecular formula is C24H26Cl2F5N3O3S2. The number of nitrogens with one attached hydrogen (secondary N) is 1. The van der Waals surface area contributed by atoms with Gasteiger partial charge in [-0.2, -0.15) is 13.2 Å². The lowest BCUT2D eigenvalue weighted by Gasteiger charge is -2.21. The number of benzene rings is 1. The van der Waals surface area contributed by atoms with Crippen LogP contribution in [0.1, 0.15) is 57.9 Å². The van der Waals surface area contributed by atoms with Crippen LogP contribution in [0.3, 0.4) is 0 Å². The molecule has 0 unspecified atom stereocenters. The van der Waals surface area contributed by atoms with Gasteiger partial charge in [-0.25, -0.2) is 18.6 Å². The molecule has 0 aliphatic rings. The maximum atomic E-state index is 13.4. The highest BCUT2D eigenvalue weighted by Gasteiger charge is 2.42. The van der Waals surface area contributed by atoms with Crippen molar-refractivity contribution < 1.29 is 36.3 Å². The van der Waals surface area contributed by atoms with Gasteiger partial charge in [-0.3, -0.25) is 9.59 Å². The number of carbonyl (C=O) groups excluding carboxylic acids is 3. The molecule has 0 bridgehead atoms. The molecule has 1 heterocycles. The lowest BCUT2D eigenvalue weighted by atomic mass is 9.92. The van der Waals surface area contributed by atoms with E-state index in [9.17, 15) is 36.3 Å². The molecule has 39 heavy (non-hydrogen) atoms. The zero-order chi connectivity index (χ0) is 30.2. The Labute approximate surface area is 241 Å². The van der Waals surface area contributed by atoms with Gasteiger partial charge in [-0.1, -0.05) is 60.6 Å². The summed E-state index contributed by atoms with van der Waals surface area (Å²) in [5.41, 5.74) is -4.00. The van der Waals surface area contributed by atoms with Crippen molar-refractivity contribution in [1.29, 1.82) is 0 Å². The normalized spacial score (nSPS) is 11.3. The number of hydrogen-bond donors (Lipinski definition) is 1. The van der Waals surface area contributed by atoms with Crippen molar-refractivity contribution in [2.75, 3.05) is 31.9 Å². The number of anilines is 1. The molecule has 0 fully saturated rings. The van der Waals surface area contributed by atoms with Gasteiger partial charge in [0, 0.05) is 19.8 Å². The maximum absolute atomic E-state index is 13.4. The van der Waals surface area contributed by atoms with Gasteiger partial charge in [0.15, 0.2) is 5.69 Å². The summed E-state index contributed by atoms with van der Waals surface area (Å²) < 4.78 is 66.8. The molecular weight excluding hydrogens is 608 g/mol. The number of hydrogen-bond acceptors (Lipinski definition) is 6. The molecule has 1 aromatic carbocycles. The Balaban J connectivity index is 0.000000457. The third-order valence-corrected chi connectivity index (χ3v) is 6.66. The Morgan fingerprint density at radius 1 is 1.00 bits per heavy atom. The minimum Gasteiger partial charge on any atom is -0.331 e. The number of halogens is 7. The molecule has 0 radical (unpaired) electrons. The standard InChI is InChI=1S/C15H16F5NO2S2.C9H10Cl2N2O/c1-6(2)5-7-8(13(22)24-3)10(12(16)17)21-11(15(18,19)20)9(7)14(23)25-4;1-13(2)9(14)12-6-3-4-7(10)8(11)5-6/h6,12H,5H2,1-4H3;3-5H,1-2H3,(H,12,14). The van der Waals surface area contributed by atoms with Crippen molar-refractivity contribution in [2.45, 2.75) is 32.9 Å². The first kappa shape index (κ1) is 34.9. The summed E-state index contributed by atoms with van der Waals surface area (Å²) in [6.07, 6.45) is -6.01. The van der Waals surface area contributed by atoms with Crippen LogP contribution in [0.4, 0.5) is 32.4 Å². The number of pyridine rings is 1. The molecule has 1 aromatic heterocycles. The van der Waals surface area contributed by atoms with E-state index in [1.54, 1.807) is 46.1 Å². The lowest BCUT2D eigenvalue weighted by Crippen LogP contribution is -2.27. The van der Waals surface area contributed by atoms with Gasteiger partial charge in [-0.05, 0) is 48.6 Å². The van der Waals surface area contributed by atoms with Crippen molar-refractivity contribution in [3.63, 3.8) is 0 Å². The highest BCUT2D eigenvalue weighted by atomic mass is 35.5. The second-order valence-electron chi connectivity index (χ2n) is 8.41. The largest absolute Gasteiger partial charge is 0.434 e. The molecule has 216 valence electrons. The van der Waals surface area contributed by atoms with Crippen molar-refractivity contribution >= 4 is 68.7 Å². The minimum atomic E-state index is -5.10. The van der Waals surface area contributed by atoms with E-state index in [0.717, 1.165) is 0 Å². The number of urea groups is 1. The van der Waals surface area contributed by atoms with Crippen molar-refractivity contribution in [2.24, 2.45) is 5.92 Å². The topological polar surface area (TPSA) is 79.4 Å². The Hall–Kier alpha value is -2.09. The van der Waals surface area contributed by atoms with Crippen LogP contribution in [-0.2, 0) is 12.6 Å². The zero-order valence-electron chi connectivity index (χ0n) is 21.7. The predicted molar refractivity (Wildman–Crippen MR) is 148 cm³/mol. The summed E-state index contributed by atoms with van der Waals surface area (Å²) >= 11 is 12.6. The number of thioether (sulfide) groups is 2. The number of aromatic nitrogens is 1. The molecule has 6 nitrogen and oxygen atoms in total. The average Bonchev–Trinajstić information content (AvgIpc) is 2.83. The molecule has 0 aliphatic heterocycles. The fraction of sp³-hybridized carbons (Fsp3) is 0.417. The van der Waals surface area contributed by atoms with Gasteiger partial charge in [0.05, 0.1) is 21.2 Å². The van der Waals surface area contributed by atoms with Gasteiger partial charge in [0.2, 0.25) is 10.2 Å². The summed E-state index contributed by atoms with van der Waals surface area (Å²) in [5, 5.41) is 1.73. The van der Waals surface area contributed by atoms with Crippen LogP contribution in [0.2, 0.25) is 10.0 Å². The quantitative estimate of drug-likeness (QED) is 0.322. The predicted octanol–water partition coefficient (Wildman–Crippen LogP) is 8.33.